The van der Waals surface area contributed by atoms with Crippen LogP contribution in [0.5, 0.6) is 0 Å². The molecule has 2 aliphatic rings. The van der Waals surface area contributed by atoms with Crippen molar-refractivity contribution < 1.29 is 0 Å². The van der Waals surface area contributed by atoms with Crippen molar-refractivity contribution in [2.45, 2.75) is 38.1 Å². The minimum atomic E-state index is 0.511. The molecule has 32 heavy (non-hydrogen) atoms. The van der Waals surface area contributed by atoms with Crippen molar-refractivity contribution in [2.24, 2.45) is 0 Å². The zero-order chi connectivity index (χ0) is 21.6. The summed E-state index contributed by atoms with van der Waals surface area (Å²) in [5.41, 5.74) is 3.05. The van der Waals surface area contributed by atoms with E-state index in [9.17, 15) is 0 Å². The highest BCUT2D eigenvalue weighted by Gasteiger charge is 2.16. The number of nitrogens with one attached hydrogen (secondary N) is 3. The van der Waals surface area contributed by atoms with Gasteiger partial charge < -0.3 is 20.9 Å². The Labute approximate surface area is 188 Å². The Kier molecular flexibility index (Phi) is 6.39. The van der Waals surface area contributed by atoms with E-state index in [-0.39, 0.29) is 0 Å². The molecule has 0 atom stereocenters. The van der Waals surface area contributed by atoms with E-state index >= 15 is 0 Å². The number of anilines is 4. The molecule has 5 rings (SSSR count). The minimum Gasteiger partial charge on any atom is -0.382 e. The van der Waals surface area contributed by atoms with Crippen molar-refractivity contribution in [1.82, 2.24) is 25.3 Å². The molecule has 8 heteroatoms. The number of pyridine rings is 2. The fourth-order valence-electron chi connectivity index (χ4n) is 4.45. The summed E-state index contributed by atoms with van der Waals surface area (Å²) in [6.07, 6.45) is 13.3. The van der Waals surface area contributed by atoms with Crippen molar-refractivity contribution >= 4 is 23.1 Å². The van der Waals surface area contributed by atoms with Gasteiger partial charge in [-0.05, 0) is 31.0 Å². The molecule has 0 unspecified atom stereocenters. The van der Waals surface area contributed by atoms with Crippen molar-refractivity contribution in [3.63, 3.8) is 0 Å². The highest BCUT2D eigenvalue weighted by molar-refractivity contribution is 5.71. The molecular formula is C24H30N8. The van der Waals surface area contributed by atoms with Gasteiger partial charge in [0.25, 0.3) is 0 Å². The van der Waals surface area contributed by atoms with Crippen LogP contribution in [0.1, 0.15) is 32.1 Å². The van der Waals surface area contributed by atoms with Gasteiger partial charge in [0, 0.05) is 68.1 Å². The molecular weight excluding hydrogens is 400 g/mol. The number of hydrogen-bond acceptors (Lipinski definition) is 8. The number of piperazine rings is 1. The normalized spacial score (nSPS) is 17.2. The summed E-state index contributed by atoms with van der Waals surface area (Å²) in [5.74, 6) is 2.43. The van der Waals surface area contributed by atoms with Crippen LogP contribution in [0.25, 0.3) is 11.3 Å². The molecule has 3 N–H and O–H groups in total. The van der Waals surface area contributed by atoms with Gasteiger partial charge in [0.1, 0.15) is 17.5 Å². The summed E-state index contributed by atoms with van der Waals surface area (Å²) in [4.78, 5) is 20.3. The Morgan fingerprint density at radius 3 is 2.59 bits per heavy atom. The van der Waals surface area contributed by atoms with E-state index in [0.717, 1.165) is 54.8 Å². The van der Waals surface area contributed by atoms with Crippen molar-refractivity contribution in [2.75, 3.05) is 41.7 Å². The molecule has 0 bridgehead atoms. The summed E-state index contributed by atoms with van der Waals surface area (Å²) >= 11 is 0. The molecule has 1 saturated heterocycles. The average molecular weight is 431 g/mol. The fourth-order valence-corrected chi connectivity index (χ4v) is 4.45. The van der Waals surface area contributed by atoms with Gasteiger partial charge in [-0.25, -0.2) is 15.0 Å². The van der Waals surface area contributed by atoms with Gasteiger partial charge in [0.05, 0.1) is 11.9 Å². The summed E-state index contributed by atoms with van der Waals surface area (Å²) in [6.45, 7) is 3.90. The Morgan fingerprint density at radius 1 is 0.906 bits per heavy atom. The molecule has 0 spiro atoms. The molecule has 0 aromatic carbocycles. The van der Waals surface area contributed by atoms with E-state index in [0.29, 0.717) is 11.9 Å². The first-order chi connectivity index (χ1) is 15.8. The van der Waals surface area contributed by atoms with Gasteiger partial charge in [-0.3, -0.25) is 4.98 Å². The second kappa shape index (κ2) is 9.91. The Balaban J connectivity index is 1.46. The lowest BCUT2D eigenvalue weighted by Crippen LogP contribution is -2.43. The largest absolute Gasteiger partial charge is 0.382 e. The SMILES string of the molecule is c1cnc(Nc2cc(NC3CCCCC3)cc(-c3ccnc(N4CCNCC4)c3)n2)cn1. The zero-order valence-electron chi connectivity index (χ0n) is 18.3. The number of hydrogen-bond donors (Lipinski definition) is 3. The maximum absolute atomic E-state index is 4.90. The lowest BCUT2D eigenvalue weighted by Gasteiger charge is -2.28. The van der Waals surface area contributed by atoms with Crippen LogP contribution >= 0.6 is 0 Å². The first-order valence-electron chi connectivity index (χ1n) is 11.6. The predicted octanol–water partition coefficient (Wildman–Crippen LogP) is 3.83. The number of rotatable bonds is 6. The first kappa shape index (κ1) is 20.6. The Hall–Kier alpha value is -3.26. The van der Waals surface area contributed by atoms with Gasteiger partial charge in [-0.15, -0.1) is 0 Å². The second-order valence-electron chi connectivity index (χ2n) is 8.46. The van der Waals surface area contributed by atoms with Gasteiger partial charge in [0.2, 0.25) is 0 Å². The molecule has 1 saturated carbocycles. The van der Waals surface area contributed by atoms with Crippen LogP contribution in [-0.4, -0.2) is 52.2 Å². The Morgan fingerprint density at radius 2 is 1.78 bits per heavy atom. The van der Waals surface area contributed by atoms with Gasteiger partial charge in [-0.1, -0.05) is 19.3 Å². The monoisotopic (exact) mass is 430 g/mol. The molecule has 0 radical (unpaired) electrons. The van der Waals surface area contributed by atoms with Crippen LogP contribution < -0.4 is 20.9 Å². The van der Waals surface area contributed by atoms with E-state index in [1.165, 1.54) is 32.1 Å². The zero-order valence-corrected chi connectivity index (χ0v) is 18.3. The molecule has 1 aliphatic heterocycles. The summed E-state index contributed by atoms with van der Waals surface area (Å²) in [6, 6.07) is 8.89. The van der Waals surface area contributed by atoms with E-state index in [1.54, 1.807) is 18.6 Å². The molecule has 1 aliphatic carbocycles. The predicted molar refractivity (Wildman–Crippen MR) is 128 cm³/mol. The van der Waals surface area contributed by atoms with E-state index < -0.39 is 0 Å². The van der Waals surface area contributed by atoms with Crippen LogP contribution in [0.15, 0.2) is 49.1 Å². The molecule has 2 fully saturated rings. The lowest BCUT2D eigenvalue weighted by atomic mass is 9.95. The number of aromatic nitrogens is 4. The van der Waals surface area contributed by atoms with Crippen LogP contribution in [0.4, 0.5) is 23.1 Å². The van der Waals surface area contributed by atoms with Gasteiger partial charge in [0.15, 0.2) is 0 Å². The third kappa shape index (κ3) is 5.13. The van der Waals surface area contributed by atoms with Crippen molar-refractivity contribution in [3.8, 4) is 11.3 Å². The van der Waals surface area contributed by atoms with Crippen molar-refractivity contribution in [3.05, 3.63) is 49.1 Å². The standard InChI is InChI=1S/C24H30N8/c1-2-4-19(5-3-1)29-20-15-21(30-22(16-20)31-23-17-26-8-9-27-23)18-6-7-28-24(14-18)32-12-10-25-11-13-32/h6-9,14-17,19,25H,1-5,10-13H2,(H2,27,29,30,31). The third-order valence-corrected chi connectivity index (χ3v) is 6.10. The van der Waals surface area contributed by atoms with Gasteiger partial charge >= 0.3 is 0 Å². The van der Waals surface area contributed by atoms with Crippen LogP contribution in [0, 0.1) is 0 Å². The molecule has 0 amide bonds. The van der Waals surface area contributed by atoms with Crippen LogP contribution in [0.3, 0.4) is 0 Å². The van der Waals surface area contributed by atoms with Crippen LogP contribution in [0.2, 0.25) is 0 Å². The molecule has 166 valence electrons. The molecule has 3 aromatic rings. The smallest absolute Gasteiger partial charge is 0.150 e. The second-order valence-corrected chi connectivity index (χ2v) is 8.46. The maximum atomic E-state index is 4.90. The third-order valence-electron chi connectivity index (χ3n) is 6.10. The van der Waals surface area contributed by atoms with Gasteiger partial charge in [-0.2, -0.15) is 0 Å². The number of nitrogens with zero attached hydrogens (tertiary/aromatic N) is 5. The molecule has 3 aromatic heterocycles. The summed E-state index contributed by atoms with van der Waals surface area (Å²) in [7, 11) is 0. The average Bonchev–Trinajstić information content (AvgIpc) is 2.86. The summed E-state index contributed by atoms with van der Waals surface area (Å²) in [5, 5.41) is 10.5. The van der Waals surface area contributed by atoms with Crippen LogP contribution in [-0.2, 0) is 0 Å². The summed E-state index contributed by atoms with van der Waals surface area (Å²) < 4.78 is 0. The highest BCUT2D eigenvalue weighted by Crippen LogP contribution is 2.29. The lowest BCUT2D eigenvalue weighted by molar-refractivity contribution is 0.463. The molecule has 4 heterocycles. The topological polar surface area (TPSA) is 90.9 Å². The maximum Gasteiger partial charge on any atom is 0.150 e. The minimum absolute atomic E-state index is 0.511. The van der Waals surface area contributed by atoms with E-state index in [4.69, 9.17) is 4.98 Å². The first-order valence-corrected chi connectivity index (χ1v) is 11.6. The molecule has 8 nitrogen and oxygen atoms in total. The fraction of sp³-hybridized carbons (Fsp3) is 0.417. The quantitative estimate of drug-likeness (QED) is 0.544. The Bertz CT molecular complexity index is 1010. The van der Waals surface area contributed by atoms with E-state index in [2.05, 4.69) is 54.0 Å². The van der Waals surface area contributed by atoms with E-state index in [1.807, 2.05) is 12.3 Å². The highest BCUT2D eigenvalue weighted by atomic mass is 15.2. The van der Waals surface area contributed by atoms with Crippen molar-refractivity contribution in [1.29, 1.82) is 0 Å².